The van der Waals surface area contributed by atoms with Crippen LogP contribution in [0.2, 0.25) is 15.1 Å². The summed E-state index contributed by atoms with van der Waals surface area (Å²) in [6, 6.07) is 11.9. The maximum absolute atomic E-state index is 13.2. The van der Waals surface area contributed by atoms with Gasteiger partial charge in [-0.1, -0.05) is 40.9 Å². The molecule has 1 aliphatic rings. The van der Waals surface area contributed by atoms with Crippen LogP contribution in [0.1, 0.15) is 22.9 Å². The normalized spacial score (nSPS) is 17.5. The van der Waals surface area contributed by atoms with E-state index in [4.69, 9.17) is 39.5 Å². The van der Waals surface area contributed by atoms with Gasteiger partial charge in [-0.05, 0) is 55.0 Å². The number of Topliss-reactive ketones (excluding diaryl/α,β-unsaturated/α-hetero) is 1. The molecule has 0 radical (unpaired) electrons. The summed E-state index contributed by atoms with van der Waals surface area (Å²) in [6.07, 6.45) is 1.55. The van der Waals surface area contributed by atoms with E-state index < -0.39 is 23.5 Å². The highest BCUT2D eigenvalue weighted by atomic mass is 35.5. The molecule has 3 aromatic rings. The van der Waals surface area contributed by atoms with Crippen molar-refractivity contribution in [3.05, 3.63) is 92.2 Å². The predicted octanol–water partition coefficient (Wildman–Crippen LogP) is 5.99. The van der Waals surface area contributed by atoms with Crippen molar-refractivity contribution in [2.75, 3.05) is 12.0 Å². The third-order valence-corrected chi connectivity index (χ3v) is 6.10. The largest absolute Gasteiger partial charge is 0.507 e. The van der Waals surface area contributed by atoms with E-state index in [0.717, 1.165) is 0 Å². The molecular formula is C24H17Cl3N2O4. The van der Waals surface area contributed by atoms with Crippen molar-refractivity contribution in [1.82, 2.24) is 4.98 Å². The Labute approximate surface area is 205 Å². The zero-order chi connectivity index (χ0) is 23.9. The Hall–Kier alpha value is -3.06. The highest BCUT2D eigenvalue weighted by Gasteiger charge is 2.48. The zero-order valence-electron chi connectivity index (χ0n) is 17.5. The number of ether oxygens (including phenoxy) is 1. The fourth-order valence-corrected chi connectivity index (χ4v) is 4.70. The zero-order valence-corrected chi connectivity index (χ0v) is 19.7. The number of benzene rings is 2. The molecule has 168 valence electrons. The van der Waals surface area contributed by atoms with Crippen molar-refractivity contribution in [2.45, 2.75) is 13.0 Å². The van der Waals surface area contributed by atoms with E-state index >= 15 is 0 Å². The highest BCUT2D eigenvalue weighted by Crippen LogP contribution is 2.44. The Kier molecular flexibility index (Phi) is 6.34. The Morgan fingerprint density at radius 2 is 1.76 bits per heavy atom. The van der Waals surface area contributed by atoms with Crippen LogP contribution in [0.4, 0.5) is 5.69 Å². The Balaban J connectivity index is 1.97. The first-order valence-corrected chi connectivity index (χ1v) is 10.9. The number of amides is 1. The molecule has 1 aliphatic heterocycles. The first kappa shape index (κ1) is 23.1. The molecular weight excluding hydrogens is 487 g/mol. The van der Waals surface area contributed by atoms with Crippen molar-refractivity contribution in [1.29, 1.82) is 0 Å². The van der Waals surface area contributed by atoms with Crippen molar-refractivity contribution in [2.24, 2.45) is 0 Å². The fraction of sp³-hybridized carbons (Fsp3) is 0.125. The molecule has 1 fully saturated rings. The smallest absolute Gasteiger partial charge is 0.300 e. The Morgan fingerprint density at radius 1 is 1.06 bits per heavy atom. The Morgan fingerprint density at radius 3 is 2.33 bits per heavy atom. The third kappa shape index (κ3) is 4.06. The summed E-state index contributed by atoms with van der Waals surface area (Å²) in [6.45, 7) is 1.78. The number of aromatic nitrogens is 1. The predicted molar refractivity (Wildman–Crippen MR) is 128 cm³/mol. The molecule has 0 aliphatic carbocycles. The van der Waals surface area contributed by atoms with Crippen LogP contribution in [0, 0.1) is 6.92 Å². The van der Waals surface area contributed by atoms with E-state index in [9.17, 15) is 14.7 Å². The maximum Gasteiger partial charge on any atom is 0.300 e. The molecule has 1 N–H and O–H groups in total. The van der Waals surface area contributed by atoms with Gasteiger partial charge in [0.25, 0.3) is 11.7 Å². The molecule has 0 saturated carbocycles. The van der Waals surface area contributed by atoms with Crippen LogP contribution in [-0.4, -0.2) is 28.9 Å². The van der Waals surface area contributed by atoms with Crippen LogP contribution in [-0.2, 0) is 9.59 Å². The number of carbonyl (C=O) groups excluding carboxylic acids is 2. The lowest BCUT2D eigenvalue weighted by Gasteiger charge is -2.26. The summed E-state index contributed by atoms with van der Waals surface area (Å²) in [5.41, 5.74) is 1.59. The molecule has 1 aromatic heterocycles. The van der Waals surface area contributed by atoms with Crippen LogP contribution in [0.15, 0.2) is 60.3 Å². The van der Waals surface area contributed by atoms with Gasteiger partial charge in [-0.2, -0.15) is 0 Å². The first-order chi connectivity index (χ1) is 15.7. The van der Waals surface area contributed by atoms with Gasteiger partial charge in [0.1, 0.15) is 11.8 Å². The number of ketones is 1. The van der Waals surface area contributed by atoms with Gasteiger partial charge in [0.15, 0.2) is 5.75 Å². The number of carbonyl (C=O) groups is 2. The van der Waals surface area contributed by atoms with Gasteiger partial charge >= 0.3 is 0 Å². The monoisotopic (exact) mass is 502 g/mol. The minimum absolute atomic E-state index is 0.134. The SMILES string of the molecule is COc1c(Cl)cc(/C(O)=C2\C(=O)C(=O)N(c3ccc(Cl)cc3C)C2c2ccccn2)cc1Cl. The van der Waals surface area contributed by atoms with Gasteiger partial charge in [-0.25, -0.2) is 0 Å². The van der Waals surface area contributed by atoms with E-state index in [-0.39, 0.29) is 26.9 Å². The number of hydrogen-bond acceptors (Lipinski definition) is 5. The molecule has 6 nitrogen and oxygen atoms in total. The van der Waals surface area contributed by atoms with Gasteiger partial charge in [0.05, 0.1) is 28.4 Å². The van der Waals surface area contributed by atoms with Crippen LogP contribution in [0.5, 0.6) is 5.75 Å². The Bertz CT molecular complexity index is 1290. The summed E-state index contributed by atoms with van der Waals surface area (Å²) >= 11 is 18.6. The van der Waals surface area contributed by atoms with Gasteiger partial charge in [0, 0.05) is 22.5 Å². The number of aliphatic hydroxyl groups excluding tert-OH is 1. The van der Waals surface area contributed by atoms with Crippen molar-refractivity contribution < 1.29 is 19.4 Å². The molecule has 2 heterocycles. The number of hydrogen-bond donors (Lipinski definition) is 1. The number of anilines is 1. The molecule has 0 spiro atoms. The molecule has 4 rings (SSSR count). The van der Waals surface area contributed by atoms with Crippen LogP contribution in [0.3, 0.4) is 0 Å². The summed E-state index contributed by atoms with van der Waals surface area (Å²) < 4.78 is 5.15. The minimum atomic E-state index is -0.981. The van der Waals surface area contributed by atoms with E-state index in [0.29, 0.717) is 22.0 Å². The number of pyridine rings is 1. The van der Waals surface area contributed by atoms with Crippen LogP contribution >= 0.6 is 34.8 Å². The molecule has 1 amide bonds. The summed E-state index contributed by atoms with van der Waals surface area (Å²) in [5, 5.41) is 12.0. The van der Waals surface area contributed by atoms with Crippen molar-refractivity contribution in [3.8, 4) is 5.75 Å². The highest BCUT2D eigenvalue weighted by molar-refractivity contribution is 6.52. The van der Waals surface area contributed by atoms with Gasteiger partial charge in [0.2, 0.25) is 0 Å². The number of halogens is 3. The average molecular weight is 504 g/mol. The van der Waals surface area contributed by atoms with E-state index in [1.807, 2.05) is 0 Å². The van der Waals surface area contributed by atoms with Crippen molar-refractivity contribution in [3.63, 3.8) is 0 Å². The molecule has 0 bridgehead atoms. The minimum Gasteiger partial charge on any atom is -0.507 e. The number of methoxy groups -OCH3 is 1. The third-order valence-electron chi connectivity index (χ3n) is 5.31. The topological polar surface area (TPSA) is 79.7 Å². The quantitative estimate of drug-likeness (QED) is 0.269. The van der Waals surface area contributed by atoms with Crippen LogP contribution < -0.4 is 9.64 Å². The fourth-order valence-electron chi connectivity index (χ4n) is 3.83. The van der Waals surface area contributed by atoms with E-state index in [1.54, 1.807) is 49.5 Å². The second-order valence-corrected chi connectivity index (χ2v) is 8.58. The lowest BCUT2D eigenvalue weighted by molar-refractivity contribution is -0.132. The van der Waals surface area contributed by atoms with E-state index in [1.165, 1.54) is 24.1 Å². The molecule has 2 aromatic carbocycles. The molecule has 1 unspecified atom stereocenters. The molecule has 33 heavy (non-hydrogen) atoms. The second kappa shape index (κ2) is 9.06. The van der Waals surface area contributed by atoms with Gasteiger partial charge in [-0.3, -0.25) is 19.5 Å². The number of aryl methyl sites for hydroxylation is 1. The number of aliphatic hydroxyl groups is 1. The van der Waals surface area contributed by atoms with Gasteiger partial charge in [-0.15, -0.1) is 0 Å². The lowest BCUT2D eigenvalue weighted by Crippen LogP contribution is -2.30. The maximum atomic E-state index is 13.2. The molecule has 1 saturated heterocycles. The summed E-state index contributed by atoms with van der Waals surface area (Å²) in [4.78, 5) is 32.1. The second-order valence-electron chi connectivity index (χ2n) is 7.33. The first-order valence-electron chi connectivity index (χ1n) is 9.76. The lowest BCUT2D eigenvalue weighted by atomic mass is 9.98. The molecule has 1 atom stereocenters. The number of rotatable bonds is 4. The van der Waals surface area contributed by atoms with Crippen molar-refractivity contribution >= 4 is 57.9 Å². The van der Waals surface area contributed by atoms with Gasteiger partial charge < -0.3 is 9.84 Å². The van der Waals surface area contributed by atoms with Crippen LogP contribution in [0.25, 0.3) is 5.76 Å². The summed E-state index contributed by atoms with van der Waals surface area (Å²) in [5.74, 6) is -1.86. The average Bonchev–Trinajstić information content (AvgIpc) is 3.04. The standard InChI is InChI=1S/C24H17Cl3N2O4/c1-12-9-14(25)6-7-18(12)29-20(17-5-3-4-8-28-17)19(22(31)24(29)32)21(30)13-10-15(26)23(33-2)16(27)11-13/h3-11,20,30H,1-2H3/b21-19+. The number of nitrogens with zero attached hydrogens (tertiary/aromatic N) is 2. The van der Waals surface area contributed by atoms with E-state index in [2.05, 4.69) is 4.98 Å². The summed E-state index contributed by atoms with van der Waals surface area (Å²) in [7, 11) is 1.41. The molecule has 9 heteroatoms.